The number of hydrogen-bond acceptors (Lipinski definition) is 7. The fourth-order valence-electron chi connectivity index (χ4n) is 3.84. The van der Waals surface area contributed by atoms with Crippen LogP contribution in [0.5, 0.6) is 0 Å². The van der Waals surface area contributed by atoms with Gasteiger partial charge >= 0.3 is 11.9 Å². The Morgan fingerprint density at radius 3 is 2.40 bits per heavy atom. The first-order chi connectivity index (χ1) is 16.8. The van der Waals surface area contributed by atoms with Crippen LogP contribution >= 0.6 is 11.3 Å². The van der Waals surface area contributed by atoms with Gasteiger partial charge in [0.2, 0.25) is 0 Å². The highest BCUT2D eigenvalue weighted by molar-refractivity contribution is 7.07. The van der Waals surface area contributed by atoms with Crippen molar-refractivity contribution in [3.8, 4) is 0 Å². The molecule has 1 atom stereocenters. The zero-order valence-electron chi connectivity index (χ0n) is 19.6. The summed E-state index contributed by atoms with van der Waals surface area (Å²) in [5.74, 6) is -1.06. The van der Waals surface area contributed by atoms with Crippen molar-refractivity contribution >= 4 is 29.4 Å². The van der Waals surface area contributed by atoms with E-state index in [4.69, 9.17) is 9.47 Å². The van der Waals surface area contributed by atoms with Crippen LogP contribution in [0.4, 0.5) is 0 Å². The summed E-state index contributed by atoms with van der Waals surface area (Å²) in [7, 11) is 1.31. The molecule has 0 saturated carbocycles. The monoisotopic (exact) mass is 488 g/mol. The smallest absolute Gasteiger partial charge is 0.338 e. The molecular formula is C27H24N2O5S. The van der Waals surface area contributed by atoms with Crippen molar-refractivity contribution in [1.82, 2.24) is 4.57 Å². The highest BCUT2D eigenvalue weighted by atomic mass is 32.1. The lowest BCUT2D eigenvalue weighted by molar-refractivity contribution is -0.138. The molecule has 1 aliphatic heterocycles. The number of fused-ring (bicyclic) bond motifs is 1. The standard InChI is InChI=1S/C27H24N2O5S/c1-5-14-34-26(32)22-17(3)28-27-29(23(22)19-10-12-20(13-11-19)25(31)33-4)24(30)21(35-27)15-18-8-6-16(2)7-9-18/h5-13,15,23H,1,14H2,2-4H3/b21-15+/t23-/m0/s1. The first-order valence-corrected chi connectivity index (χ1v) is 11.7. The van der Waals surface area contributed by atoms with Gasteiger partial charge in [0.1, 0.15) is 6.61 Å². The van der Waals surface area contributed by atoms with E-state index >= 15 is 0 Å². The predicted octanol–water partition coefficient (Wildman–Crippen LogP) is 3.06. The van der Waals surface area contributed by atoms with E-state index in [9.17, 15) is 14.4 Å². The van der Waals surface area contributed by atoms with Gasteiger partial charge in [0.05, 0.1) is 34.5 Å². The summed E-state index contributed by atoms with van der Waals surface area (Å²) in [5.41, 5.74) is 3.47. The third-order valence-corrected chi connectivity index (χ3v) is 6.58. The summed E-state index contributed by atoms with van der Waals surface area (Å²) in [6, 6.07) is 13.7. The second-order valence-electron chi connectivity index (χ2n) is 7.99. The number of ether oxygens (including phenoxy) is 2. The van der Waals surface area contributed by atoms with Crippen LogP contribution in [-0.4, -0.2) is 30.2 Å². The summed E-state index contributed by atoms with van der Waals surface area (Å²) in [5, 5.41) is 0. The van der Waals surface area contributed by atoms with Gasteiger partial charge in [-0.1, -0.05) is 66.0 Å². The Balaban J connectivity index is 1.90. The summed E-state index contributed by atoms with van der Waals surface area (Å²) < 4.78 is 12.1. The molecule has 35 heavy (non-hydrogen) atoms. The second-order valence-corrected chi connectivity index (χ2v) is 9.00. The van der Waals surface area contributed by atoms with E-state index in [-0.39, 0.29) is 17.7 Å². The van der Waals surface area contributed by atoms with Gasteiger partial charge in [0.15, 0.2) is 4.80 Å². The summed E-state index contributed by atoms with van der Waals surface area (Å²) >= 11 is 1.26. The number of carbonyl (C=O) groups excluding carboxylic acids is 2. The molecule has 2 aromatic carbocycles. The highest BCUT2D eigenvalue weighted by Crippen LogP contribution is 2.31. The van der Waals surface area contributed by atoms with Crippen molar-refractivity contribution in [3.63, 3.8) is 0 Å². The minimum Gasteiger partial charge on any atom is -0.465 e. The van der Waals surface area contributed by atoms with Crippen molar-refractivity contribution in [2.24, 2.45) is 4.99 Å². The van der Waals surface area contributed by atoms with Gasteiger partial charge in [0.25, 0.3) is 5.56 Å². The number of rotatable bonds is 6. The van der Waals surface area contributed by atoms with E-state index in [1.165, 1.54) is 29.1 Å². The number of allylic oxidation sites excluding steroid dienone is 1. The number of aromatic nitrogens is 1. The van der Waals surface area contributed by atoms with E-state index in [0.717, 1.165) is 11.1 Å². The topological polar surface area (TPSA) is 87.0 Å². The zero-order valence-corrected chi connectivity index (χ0v) is 20.4. The average Bonchev–Trinajstić information content (AvgIpc) is 3.16. The molecule has 0 fully saturated rings. The largest absolute Gasteiger partial charge is 0.465 e. The average molecular weight is 489 g/mol. The van der Waals surface area contributed by atoms with E-state index in [1.54, 1.807) is 31.2 Å². The molecule has 4 rings (SSSR count). The van der Waals surface area contributed by atoms with Gasteiger partial charge in [-0.15, -0.1) is 0 Å². The molecule has 1 aromatic heterocycles. The van der Waals surface area contributed by atoms with Crippen molar-refractivity contribution < 1.29 is 19.1 Å². The molecule has 0 aliphatic carbocycles. The summed E-state index contributed by atoms with van der Waals surface area (Å²) in [4.78, 5) is 43.6. The molecule has 1 aliphatic rings. The van der Waals surface area contributed by atoms with Gasteiger partial charge in [-0.25, -0.2) is 14.6 Å². The van der Waals surface area contributed by atoms with Crippen LogP contribution in [0.15, 0.2) is 82.2 Å². The van der Waals surface area contributed by atoms with Crippen LogP contribution in [-0.2, 0) is 14.3 Å². The number of benzene rings is 2. The van der Waals surface area contributed by atoms with Crippen LogP contribution < -0.4 is 14.9 Å². The first-order valence-electron chi connectivity index (χ1n) is 10.9. The maximum Gasteiger partial charge on any atom is 0.338 e. The number of carbonyl (C=O) groups is 2. The number of aryl methyl sites for hydroxylation is 1. The van der Waals surface area contributed by atoms with Gasteiger partial charge in [-0.2, -0.15) is 0 Å². The maximum absolute atomic E-state index is 13.6. The Morgan fingerprint density at radius 1 is 1.09 bits per heavy atom. The van der Waals surface area contributed by atoms with Crippen molar-refractivity contribution in [3.05, 3.63) is 114 Å². The fourth-order valence-corrected chi connectivity index (χ4v) is 4.89. The van der Waals surface area contributed by atoms with E-state index in [2.05, 4.69) is 11.6 Å². The minimum atomic E-state index is -0.768. The molecule has 7 nitrogen and oxygen atoms in total. The fraction of sp³-hybridized carbons (Fsp3) is 0.185. The van der Waals surface area contributed by atoms with Crippen molar-refractivity contribution in [1.29, 1.82) is 0 Å². The lowest BCUT2D eigenvalue weighted by atomic mass is 9.95. The zero-order chi connectivity index (χ0) is 25.1. The molecule has 3 aromatic rings. The maximum atomic E-state index is 13.6. The lowest BCUT2D eigenvalue weighted by Crippen LogP contribution is -2.40. The summed E-state index contributed by atoms with van der Waals surface area (Å²) in [6.45, 7) is 7.34. The SMILES string of the molecule is C=CCOC(=O)C1=C(C)N=c2s/c(=C/c3ccc(C)cc3)c(=O)n2[C@H]1c1ccc(C(=O)OC)cc1. The van der Waals surface area contributed by atoms with Crippen LogP contribution in [0.1, 0.15) is 40.0 Å². The normalized spacial score (nSPS) is 15.3. The Morgan fingerprint density at radius 2 is 1.77 bits per heavy atom. The third-order valence-electron chi connectivity index (χ3n) is 5.60. The van der Waals surface area contributed by atoms with E-state index in [1.807, 2.05) is 37.3 Å². The van der Waals surface area contributed by atoms with Crippen LogP contribution in [0.3, 0.4) is 0 Å². The molecule has 8 heteroatoms. The molecule has 0 amide bonds. The molecule has 0 saturated heterocycles. The van der Waals surface area contributed by atoms with Crippen molar-refractivity contribution in [2.75, 3.05) is 13.7 Å². The number of hydrogen-bond donors (Lipinski definition) is 0. The molecule has 2 heterocycles. The van der Waals surface area contributed by atoms with Crippen LogP contribution in [0.2, 0.25) is 0 Å². The van der Waals surface area contributed by atoms with Gasteiger partial charge in [0, 0.05) is 0 Å². The number of nitrogens with zero attached hydrogens (tertiary/aromatic N) is 2. The molecule has 178 valence electrons. The third kappa shape index (κ3) is 4.79. The second kappa shape index (κ2) is 10.1. The molecule has 0 spiro atoms. The quantitative estimate of drug-likeness (QED) is 0.393. The number of thiazole rings is 1. The molecular weight excluding hydrogens is 464 g/mol. The number of esters is 2. The summed E-state index contributed by atoms with van der Waals surface area (Å²) in [6.07, 6.45) is 3.29. The van der Waals surface area contributed by atoms with Crippen molar-refractivity contribution in [2.45, 2.75) is 19.9 Å². The molecule has 0 radical (unpaired) electrons. The highest BCUT2D eigenvalue weighted by Gasteiger charge is 2.33. The molecule has 0 bridgehead atoms. The van der Waals surface area contributed by atoms with Gasteiger partial charge < -0.3 is 9.47 Å². The first kappa shape index (κ1) is 24.1. The Bertz CT molecular complexity index is 1510. The van der Waals surface area contributed by atoms with Gasteiger partial charge in [-0.05, 0) is 43.2 Å². The molecule has 0 unspecified atom stereocenters. The van der Waals surface area contributed by atoms with Crippen LogP contribution in [0.25, 0.3) is 6.08 Å². The molecule has 0 N–H and O–H groups in total. The Labute approximate surface area is 206 Å². The minimum absolute atomic E-state index is 0.0292. The van der Waals surface area contributed by atoms with E-state index in [0.29, 0.717) is 26.2 Å². The Kier molecular flexibility index (Phi) is 6.93. The predicted molar refractivity (Wildman–Crippen MR) is 134 cm³/mol. The number of methoxy groups -OCH3 is 1. The van der Waals surface area contributed by atoms with E-state index < -0.39 is 18.0 Å². The van der Waals surface area contributed by atoms with Crippen LogP contribution in [0, 0.1) is 6.92 Å². The lowest BCUT2D eigenvalue weighted by Gasteiger charge is -2.24. The Hall–Kier alpha value is -4.04. The van der Waals surface area contributed by atoms with Gasteiger partial charge in [-0.3, -0.25) is 9.36 Å².